The molecule has 2 N–H and O–H groups in total. The number of amides is 1. The summed E-state index contributed by atoms with van der Waals surface area (Å²) in [5.41, 5.74) is 0.813. The highest BCUT2D eigenvalue weighted by atomic mass is 35.5. The van der Waals surface area contributed by atoms with Crippen molar-refractivity contribution in [3.63, 3.8) is 0 Å². The number of rotatable bonds is 4. The number of fused-ring (bicyclic) bond motifs is 1. The van der Waals surface area contributed by atoms with Crippen LogP contribution in [0.5, 0.6) is 0 Å². The Hall–Kier alpha value is -0.440. The molecule has 28 heavy (non-hydrogen) atoms. The first kappa shape index (κ1) is 23.8. The number of carbonyl (C=O) groups is 1. The maximum Gasteiger partial charge on any atom is 0.233 e. The molecule has 2 unspecified atom stereocenters. The molecule has 2 saturated heterocycles. The van der Waals surface area contributed by atoms with Gasteiger partial charge in [-0.2, -0.15) is 0 Å². The van der Waals surface area contributed by atoms with Crippen molar-refractivity contribution in [3.05, 3.63) is 11.1 Å². The molecule has 1 amide bonds. The van der Waals surface area contributed by atoms with Crippen molar-refractivity contribution in [1.29, 1.82) is 0 Å². The number of aromatic nitrogens is 1. The van der Waals surface area contributed by atoms with Crippen LogP contribution in [0.2, 0.25) is 0 Å². The first-order valence-electron chi connectivity index (χ1n) is 9.89. The van der Waals surface area contributed by atoms with Crippen molar-refractivity contribution in [3.8, 4) is 0 Å². The highest BCUT2D eigenvalue weighted by Gasteiger charge is 2.50. The quantitative estimate of drug-likeness (QED) is 0.736. The van der Waals surface area contributed by atoms with E-state index in [-0.39, 0.29) is 48.3 Å². The summed E-state index contributed by atoms with van der Waals surface area (Å²) in [4.78, 5) is 20.1. The molecule has 3 aliphatic rings. The van der Waals surface area contributed by atoms with Crippen LogP contribution in [0, 0.1) is 11.3 Å². The van der Waals surface area contributed by atoms with Crippen LogP contribution in [-0.4, -0.2) is 54.2 Å². The van der Waals surface area contributed by atoms with E-state index in [1.807, 2.05) is 0 Å². The van der Waals surface area contributed by atoms with Gasteiger partial charge in [-0.25, -0.2) is 4.98 Å². The van der Waals surface area contributed by atoms with Crippen molar-refractivity contribution < 1.29 is 9.53 Å². The fourth-order valence-corrected chi connectivity index (χ4v) is 5.69. The number of thiazole rings is 1. The van der Waals surface area contributed by atoms with E-state index in [9.17, 15) is 4.79 Å². The average Bonchev–Trinajstić information content (AvgIpc) is 3.21. The molecule has 0 aromatic carbocycles. The number of nitrogens with zero attached hydrogens (tertiary/aromatic N) is 2. The first-order valence-corrected chi connectivity index (χ1v) is 10.8. The zero-order valence-electron chi connectivity index (χ0n) is 16.6. The Morgan fingerprint density at radius 3 is 2.86 bits per heavy atom. The van der Waals surface area contributed by atoms with Gasteiger partial charge in [0, 0.05) is 31.6 Å². The average molecular weight is 451 g/mol. The molecule has 3 fully saturated rings. The van der Waals surface area contributed by atoms with Crippen LogP contribution in [0.25, 0.3) is 0 Å². The van der Waals surface area contributed by atoms with Gasteiger partial charge in [-0.05, 0) is 39.2 Å². The maximum absolute atomic E-state index is 13.0. The predicted molar refractivity (Wildman–Crippen MR) is 118 cm³/mol. The van der Waals surface area contributed by atoms with Crippen LogP contribution in [-0.2, 0) is 16.1 Å². The van der Waals surface area contributed by atoms with E-state index in [2.05, 4.69) is 39.7 Å². The molecule has 1 aliphatic carbocycles. The fraction of sp³-hybridized carbons (Fsp3) is 0.789. The third-order valence-corrected chi connectivity index (χ3v) is 6.95. The molecule has 3 heterocycles. The standard InChI is InChI=1S/C19H30N4O2S.2ClH/c1-13-8-23(9-14(2)25-13)10-16-11-26-18(21-16)22-17(24)19-6-4-3-5-15(19)7-20-12-19;;/h11,13-15,20H,3-10,12H2,1-2H3,(H,21,22,24);2*1H/t13?,14?,15-,19+;;/m0../s1. The van der Waals surface area contributed by atoms with E-state index in [1.165, 1.54) is 6.42 Å². The van der Waals surface area contributed by atoms with Crippen LogP contribution >= 0.6 is 36.2 Å². The van der Waals surface area contributed by atoms with Gasteiger partial charge in [0.15, 0.2) is 5.13 Å². The van der Waals surface area contributed by atoms with Gasteiger partial charge in [-0.3, -0.25) is 9.69 Å². The summed E-state index contributed by atoms with van der Waals surface area (Å²) in [5, 5.41) is 9.39. The molecular weight excluding hydrogens is 419 g/mol. The smallest absolute Gasteiger partial charge is 0.233 e. The number of hydrogen-bond donors (Lipinski definition) is 2. The molecule has 0 bridgehead atoms. The zero-order valence-corrected chi connectivity index (χ0v) is 19.1. The van der Waals surface area contributed by atoms with Crippen LogP contribution in [0.1, 0.15) is 45.2 Å². The Balaban J connectivity index is 0.00000140. The van der Waals surface area contributed by atoms with E-state index in [0.717, 1.165) is 62.8 Å². The molecule has 4 rings (SSSR count). The minimum Gasteiger partial charge on any atom is -0.373 e. The number of halogens is 2. The van der Waals surface area contributed by atoms with Gasteiger partial charge in [0.25, 0.3) is 0 Å². The van der Waals surface area contributed by atoms with Gasteiger partial charge < -0.3 is 15.4 Å². The normalized spacial score (nSPS) is 32.7. The minimum atomic E-state index is -0.223. The Morgan fingerprint density at radius 1 is 1.36 bits per heavy atom. The molecule has 0 spiro atoms. The van der Waals surface area contributed by atoms with Gasteiger partial charge in [0.05, 0.1) is 23.3 Å². The molecule has 160 valence electrons. The van der Waals surface area contributed by atoms with Gasteiger partial charge in [0.2, 0.25) is 5.91 Å². The fourth-order valence-electron chi connectivity index (χ4n) is 4.99. The first-order chi connectivity index (χ1) is 12.5. The van der Waals surface area contributed by atoms with Crippen LogP contribution in [0.3, 0.4) is 0 Å². The number of hydrogen-bond acceptors (Lipinski definition) is 6. The van der Waals surface area contributed by atoms with E-state index < -0.39 is 0 Å². The minimum absolute atomic E-state index is 0. The summed E-state index contributed by atoms with van der Waals surface area (Å²) < 4.78 is 5.80. The lowest BCUT2D eigenvalue weighted by Crippen LogP contribution is -2.45. The number of carbonyl (C=O) groups excluding carboxylic acids is 1. The summed E-state index contributed by atoms with van der Waals surface area (Å²) in [6, 6.07) is 0. The molecule has 0 radical (unpaired) electrons. The number of morpholine rings is 1. The molecule has 1 aromatic heterocycles. The highest BCUT2D eigenvalue weighted by Crippen LogP contribution is 2.44. The summed E-state index contributed by atoms with van der Waals surface area (Å²) >= 11 is 1.54. The van der Waals surface area contributed by atoms with Gasteiger partial charge in [-0.15, -0.1) is 36.2 Å². The monoisotopic (exact) mass is 450 g/mol. The van der Waals surface area contributed by atoms with Crippen molar-refractivity contribution in [2.24, 2.45) is 11.3 Å². The Labute approximate surface area is 184 Å². The Kier molecular flexibility index (Phi) is 8.55. The van der Waals surface area contributed by atoms with E-state index in [0.29, 0.717) is 5.92 Å². The second-order valence-electron chi connectivity index (χ2n) is 8.28. The molecule has 4 atom stereocenters. The molecular formula is C19H32Cl2N4O2S. The molecule has 6 nitrogen and oxygen atoms in total. The van der Waals surface area contributed by atoms with E-state index >= 15 is 0 Å². The van der Waals surface area contributed by atoms with E-state index in [4.69, 9.17) is 4.74 Å². The second-order valence-corrected chi connectivity index (χ2v) is 9.14. The van der Waals surface area contributed by atoms with Crippen LogP contribution in [0.15, 0.2) is 5.38 Å². The molecule has 2 aliphatic heterocycles. The topological polar surface area (TPSA) is 66.5 Å². The van der Waals surface area contributed by atoms with Gasteiger partial charge in [0.1, 0.15) is 0 Å². The number of ether oxygens (including phenoxy) is 1. The van der Waals surface area contributed by atoms with Crippen molar-refractivity contribution >= 4 is 47.2 Å². The lowest BCUT2D eigenvalue weighted by atomic mass is 9.68. The molecule has 1 aromatic rings. The van der Waals surface area contributed by atoms with Gasteiger partial charge in [-0.1, -0.05) is 12.8 Å². The third kappa shape index (κ3) is 4.99. The van der Waals surface area contributed by atoms with E-state index in [1.54, 1.807) is 11.3 Å². The Bertz CT molecular complexity index is 652. The number of nitrogens with one attached hydrogen (secondary N) is 2. The lowest BCUT2D eigenvalue weighted by molar-refractivity contribution is -0.128. The summed E-state index contributed by atoms with van der Waals surface area (Å²) in [6.45, 7) is 8.70. The lowest BCUT2D eigenvalue weighted by Gasteiger charge is -2.36. The van der Waals surface area contributed by atoms with Crippen molar-refractivity contribution in [2.45, 2.75) is 58.3 Å². The summed E-state index contributed by atoms with van der Waals surface area (Å²) in [5.74, 6) is 0.647. The third-order valence-electron chi connectivity index (χ3n) is 6.14. The SMILES string of the molecule is CC1CN(Cc2csc(NC(=O)[C@@]34CCCC[C@H]3CNC4)n2)CC(C)O1.Cl.Cl. The largest absolute Gasteiger partial charge is 0.373 e. The highest BCUT2D eigenvalue weighted by molar-refractivity contribution is 7.13. The Morgan fingerprint density at radius 2 is 2.11 bits per heavy atom. The summed E-state index contributed by atoms with van der Waals surface area (Å²) in [6.07, 6.45) is 5.08. The summed E-state index contributed by atoms with van der Waals surface area (Å²) in [7, 11) is 0. The van der Waals surface area contributed by atoms with Crippen molar-refractivity contribution in [1.82, 2.24) is 15.2 Å². The maximum atomic E-state index is 13.0. The van der Waals surface area contributed by atoms with Crippen LogP contribution < -0.4 is 10.6 Å². The zero-order chi connectivity index (χ0) is 18.1. The molecule has 1 saturated carbocycles. The second kappa shape index (κ2) is 10.0. The van der Waals surface area contributed by atoms with Gasteiger partial charge >= 0.3 is 0 Å². The number of anilines is 1. The van der Waals surface area contributed by atoms with Crippen LogP contribution in [0.4, 0.5) is 5.13 Å². The predicted octanol–water partition coefficient (Wildman–Crippen LogP) is 3.31. The molecule has 9 heteroatoms. The van der Waals surface area contributed by atoms with Crippen molar-refractivity contribution in [2.75, 3.05) is 31.5 Å².